The lowest BCUT2D eigenvalue weighted by Gasteiger charge is -2.14. The third kappa shape index (κ3) is 4.09. The van der Waals surface area contributed by atoms with Gasteiger partial charge in [-0.2, -0.15) is 0 Å². The quantitative estimate of drug-likeness (QED) is 0.429. The standard InChI is InChI=1S/C23H13F4N3O5/c24-14-2-1-3-15(25)12(14)9-30-10-13(21(32)20-16(30)5-7-19(31)29-20)22(33)28-11-4-6-17-18(8-11)35-23(26,27)34-17/h1-8,10H,9H2,(H,28,33)(H,29,31). The Balaban J connectivity index is 1.56. The summed E-state index contributed by atoms with van der Waals surface area (Å²) in [4.78, 5) is 40.1. The molecule has 0 bridgehead atoms. The number of hydrogen-bond donors (Lipinski definition) is 2. The molecule has 0 aliphatic carbocycles. The normalized spacial score (nSPS) is 13.7. The first-order valence-corrected chi connectivity index (χ1v) is 10.0. The Morgan fingerprint density at radius 3 is 2.46 bits per heavy atom. The van der Waals surface area contributed by atoms with E-state index in [2.05, 4.69) is 19.8 Å². The van der Waals surface area contributed by atoms with Crippen molar-refractivity contribution in [2.75, 3.05) is 5.32 Å². The third-order valence-electron chi connectivity index (χ3n) is 5.26. The van der Waals surface area contributed by atoms with Crippen molar-refractivity contribution in [3.05, 3.63) is 98.1 Å². The summed E-state index contributed by atoms with van der Waals surface area (Å²) in [6, 6.07) is 9.18. The average molecular weight is 487 g/mol. The van der Waals surface area contributed by atoms with Crippen LogP contribution in [0, 0.1) is 11.6 Å². The molecule has 2 aromatic carbocycles. The average Bonchev–Trinajstić information content (AvgIpc) is 3.11. The van der Waals surface area contributed by atoms with Gasteiger partial charge in [0, 0.05) is 29.6 Å². The number of carbonyl (C=O) groups excluding carboxylic acids is 1. The van der Waals surface area contributed by atoms with Gasteiger partial charge in [-0.1, -0.05) is 6.07 Å². The monoisotopic (exact) mass is 487 g/mol. The van der Waals surface area contributed by atoms with Gasteiger partial charge in [-0.3, -0.25) is 14.4 Å². The number of amides is 1. The fourth-order valence-corrected chi connectivity index (χ4v) is 3.67. The van der Waals surface area contributed by atoms with E-state index in [1.165, 1.54) is 22.8 Å². The van der Waals surface area contributed by atoms with Gasteiger partial charge in [0.1, 0.15) is 22.7 Å². The number of aromatic nitrogens is 2. The van der Waals surface area contributed by atoms with Crippen LogP contribution in [0.1, 0.15) is 15.9 Å². The van der Waals surface area contributed by atoms with Crippen LogP contribution in [0.3, 0.4) is 0 Å². The molecule has 2 N–H and O–H groups in total. The molecule has 8 nitrogen and oxygen atoms in total. The SMILES string of the molecule is O=C(Nc1ccc2c(c1)OC(F)(F)O2)c1cn(Cc2c(F)cccc2F)c2ccc(=O)[nH]c2c1=O. The van der Waals surface area contributed by atoms with Crippen molar-refractivity contribution in [1.82, 2.24) is 9.55 Å². The maximum absolute atomic E-state index is 14.3. The lowest BCUT2D eigenvalue weighted by atomic mass is 10.1. The van der Waals surface area contributed by atoms with E-state index in [0.29, 0.717) is 0 Å². The summed E-state index contributed by atoms with van der Waals surface area (Å²) in [6.07, 6.45) is -2.77. The molecule has 1 amide bonds. The molecule has 0 atom stereocenters. The molecule has 3 heterocycles. The van der Waals surface area contributed by atoms with Crippen molar-refractivity contribution in [3.8, 4) is 11.5 Å². The van der Waals surface area contributed by atoms with Gasteiger partial charge in [0.2, 0.25) is 11.0 Å². The number of carbonyl (C=O) groups is 1. The highest BCUT2D eigenvalue weighted by Crippen LogP contribution is 2.42. The summed E-state index contributed by atoms with van der Waals surface area (Å²) in [5.41, 5.74) is -2.42. The number of rotatable bonds is 4. The highest BCUT2D eigenvalue weighted by Gasteiger charge is 2.43. The molecule has 1 aliphatic rings. The molecule has 4 aromatic rings. The van der Waals surface area contributed by atoms with Crippen LogP contribution in [-0.2, 0) is 6.54 Å². The van der Waals surface area contributed by atoms with Crippen molar-refractivity contribution in [3.63, 3.8) is 0 Å². The Hall–Kier alpha value is -4.61. The van der Waals surface area contributed by atoms with Crippen LogP contribution in [0.15, 0.2) is 64.3 Å². The van der Waals surface area contributed by atoms with E-state index < -0.39 is 46.9 Å². The van der Waals surface area contributed by atoms with Crippen LogP contribution in [0.25, 0.3) is 11.0 Å². The Morgan fingerprint density at radius 2 is 1.71 bits per heavy atom. The molecule has 35 heavy (non-hydrogen) atoms. The second-order valence-corrected chi connectivity index (χ2v) is 7.57. The fraction of sp³-hybridized carbons (Fsp3) is 0.0870. The number of fused-ring (bicyclic) bond motifs is 2. The zero-order valence-electron chi connectivity index (χ0n) is 17.4. The van der Waals surface area contributed by atoms with E-state index in [9.17, 15) is 31.9 Å². The molecule has 12 heteroatoms. The molecule has 0 spiro atoms. The molecule has 178 valence electrons. The number of nitrogens with one attached hydrogen (secondary N) is 2. The summed E-state index contributed by atoms with van der Waals surface area (Å²) in [5, 5.41) is 2.38. The van der Waals surface area contributed by atoms with Crippen LogP contribution in [-0.4, -0.2) is 21.8 Å². The summed E-state index contributed by atoms with van der Waals surface area (Å²) in [6.45, 7) is -0.402. The first kappa shape index (κ1) is 22.2. The van der Waals surface area contributed by atoms with Crippen LogP contribution in [0.5, 0.6) is 11.5 Å². The largest absolute Gasteiger partial charge is 0.586 e. The maximum atomic E-state index is 14.3. The first-order chi connectivity index (χ1) is 16.6. The highest BCUT2D eigenvalue weighted by molar-refractivity contribution is 6.05. The summed E-state index contributed by atoms with van der Waals surface area (Å²) >= 11 is 0. The Bertz CT molecular complexity index is 1610. The van der Waals surface area contributed by atoms with Crippen molar-refractivity contribution >= 4 is 22.6 Å². The number of benzene rings is 2. The lowest BCUT2D eigenvalue weighted by Crippen LogP contribution is -2.26. The lowest BCUT2D eigenvalue weighted by molar-refractivity contribution is -0.286. The van der Waals surface area contributed by atoms with Crippen LogP contribution in [0.2, 0.25) is 0 Å². The van der Waals surface area contributed by atoms with E-state index >= 15 is 0 Å². The van der Waals surface area contributed by atoms with Crippen molar-refractivity contribution in [2.45, 2.75) is 12.8 Å². The third-order valence-corrected chi connectivity index (χ3v) is 5.26. The molecule has 0 unspecified atom stereocenters. The molecule has 2 aromatic heterocycles. The second-order valence-electron chi connectivity index (χ2n) is 7.57. The van der Waals surface area contributed by atoms with Crippen molar-refractivity contribution in [2.24, 2.45) is 0 Å². The van der Waals surface area contributed by atoms with Gasteiger partial charge in [0.25, 0.3) is 5.91 Å². The van der Waals surface area contributed by atoms with Gasteiger partial charge in [-0.15, -0.1) is 8.78 Å². The van der Waals surface area contributed by atoms with Crippen LogP contribution in [0.4, 0.5) is 23.2 Å². The number of H-pyrrole nitrogens is 1. The first-order valence-electron chi connectivity index (χ1n) is 10.0. The minimum Gasteiger partial charge on any atom is -0.395 e. The summed E-state index contributed by atoms with van der Waals surface area (Å²) < 4.78 is 64.9. The predicted molar refractivity (Wildman–Crippen MR) is 115 cm³/mol. The zero-order valence-corrected chi connectivity index (χ0v) is 17.4. The molecule has 1 aliphatic heterocycles. The predicted octanol–water partition coefficient (Wildman–Crippen LogP) is 3.59. The van der Waals surface area contributed by atoms with Gasteiger partial charge >= 0.3 is 6.29 Å². The fourth-order valence-electron chi connectivity index (χ4n) is 3.67. The van der Waals surface area contributed by atoms with Gasteiger partial charge < -0.3 is 24.3 Å². The van der Waals surface area contributed by atoms with Gasteiger partial charge in [0.05, 0.1) is 12.1 Å². The molecule has 0 saturated heterocycles. The highest BCUT2D eigenvalue weighted by atomic mass is 19.3. The summed E-state index contributed by atoms with van der Waals surface area (Å²) in [7, 11) is 0. The van der Waals surface area contributed by atoms with Crippen LogP contribution >= 0.6 is 0 Å². The van der Waals surface area contributed by atoms with Crippen molar-refractivity contribution < 1.29 is 31.8 Å². The van der Waals surface area contributed by atoms with E-state index in [4.69, 9.17) is 0 Å². The molecule has 0 radical (unpaired) electrons. The Morgan fingerprint density at radius 1 is 1.00 bits per heavy atom. The Kier molecular flexibility index (Phi) is 5.08. The zero-order chi connectivity index (χ0) is 24.9. The number of pyridine rings is 2. The van der Waals surface area contributed by atoms with E-state index in [1.807, 2.05) is 0 Å². The number of hydrogen-bond acceptors (Lipinski definition) is 5. The van der Waals surface area contributed by atoms with E-state index in [-0.39, 0.29) is 33.8 Å². The minimum atomic E-state index is -3.86. The van der Waals surface area contributed by atoms with E-state index in [1.54, 1.807) is 0 Å². The van der Waals surface area contributed by atoms with Gasteiger partial charge in [-0.05, 0) is 30.3 Å². The smallest absolute Gasteiger partial charge is 0.395 e. The topological polar surface area (TPSA) is 102 Å². The van der Waals surface area contributed by atoms with Crippen molar-refractivity contribution in [1.29, 1.82) is 0 Å². The molecular formula is C23H13F4N3O5. The van der Waals surface area contributed by atoms with Crippen LogP contribution < -0.4 is 25.8 Å². The number of anilines is 1. The van der Waals surface area contributed by atoms with Gasteiger partial charge in [-0.25, -0.2) is 8.78 Å². The molecule has 0 saturated carbocycles. The number of aromatic amines is 1. The number of alkyl halides is 2. The second kappa shape index (κ2) is 8.01. The number of nitrogens with zero attached hydrogens (tertiary/aromatic N) is 1. The molecule has 0 fully saturated rings. The Labute approximate surface area is 192 Å². The minimum absolute atomic E-state index is 0.00259. The van der Waals surface area contributed by atoms with Gasteiger partial charge in [0.15, 0.2) is 11.5 Å². The molecule has 5 rings (SSSR count). The van der Waals surface area contributed by atoms with E-state index in [0.717, 1.165) is 36.5 Å². The number of ether oxygens (including phenoxy) is 2. The maximum Gasteiger partial charge on any atom is 0.586 e. The number of halogens is 4. The molecular weight excluding hydrogens is 474 g/mol. The summed E-state index contributed by atoms with van der Waals surface area (Å²) in [5.74, 6) is -3.22.